The molecule has 0 saturated carbocycles. The molecule has 0 aromatic heterocycles. The van der Waals surface area contributed by atoms with Crippen molar-refractivity contribution in [1.82, 2.24) is 5.32 Å². The summed E-state index contributed by atoms with van der Waals surface area (Å²) in [5.74, 6) is 1.30. The summed E-state index contributed by atoms with van der Waals surface area (Å²) in [7, 11) is 4.61. The van der Waals surface area contributed by atoms with Crippen molar-refractivity contribution >= 4 is 5.91 Å². The zero-order valence-corrected chi connectivity index (χ0v) is 14.2. The lowest BCUT2D eigenvalue weighted by Gasteiger charge is -2.16. The molecule has 1 atom stereocenters. The number of methoxy groups -OCH3 is 3. The second kappa shape index (κ2) is 9.18. The highest BCUT2D eigenvalue weighted by molar-refractivity contribution is 5.95. The van der Waals surface area contributed by atoms with Crippen molar-refractivity contribution in [2.24, 2.45) is 0 Å². The van der Waals surface area contributed by atoms with Crippen LogP contribution in [0.3, 0.4) is 0 Å². The van der Waals surface area contributed by atoms with Crippen LogP contribution in [0.5, 0.6) is 17.2 Å². The number of benzene rings is 1. The van der Waals surface area contributed by atoms with Crippen LogP contribution in [0, 0.1) is 0 Å². The Kier molecular flexibility index (Phi) is 7.57. The standard InChI is InChI=1S/C17H27NO4/c1-6-7-8-9-12(2)18-17(19)13-10-14(20-3)16(22-5)15(11-13)21-4/h10-12H,6-9H2,1-5H3,(H,18,19). The van der Waals surface area contributed by atoms with Gasteiger partial charge in [0.15, 0.2) is 11.5 Å². The molecule has 1 unspecified atom stereocenters. The summed E-state index contributed by atoms with van der Waals surface area (Å²) in [5, 5.41) is 3.00. The summed E-state index contributed by atoms with van der Waals surface area (Å²) in [4.78, 5) is 12.4. The molecule has 0 aliphatic heterocycles. The Labute approximate surface area is 132 Å². The molecule has 0 spiro atoms. The van der Waals surface area contributed by atoms with Gasteiger partial charge in [-0.25, -0.2) is 0 Å². The summed E-state index contributed by atoms with van der Waals surface area (Å²) in [6.45, 7) is 4.19. The van der Waals surface area contributed by atoms with E-state index in [9.17, 15) is 4.79 Å². The Morgan fingerprint density at radius 1 is 1.09 bits per heavy atom. The third kappa shape index (κ3) is 4.83. The van der Waals surface area contributed by atoms with Crippen molar-refractivity contribution in [3.63, 3.8) is 0 Å². The van der Waals surface area contributed by atoms with Crippen LogP contribution in [0.2, 0.25) is 0 Å². The van der Waals surface area contributed by atoms with E-state index < -0.39 is 0 Å². The lowest BCUT2D eigenvalue weighted by molar-refractivity contribution is 0.0937. The smallest absolute Gasteiger partial charge is 0.251 e. The van der Waals surface area contributed by atoms with E-state index in [0.29, 0.717) is 22.8 Å². The maximum Gasteiger partial charge on any atom is 0.251 e. The Morgan fingerprint density at radius 2 is 1.68 bits per heavy atom. The van der Waals surface area contributed by atoms with Crippen molar-refractivity contribution in [3.05, 3.63) is 17.7 Å². The highest BCUT2D eigenvalue weighted by Gasteiger charge is 2.17. The molecule has 0 aliphatic rings. The predicted octanol–water partition coefficient (Wildman–Crippen LogP) is 3.41. The van der Waals surface area contributed by atoms with E-state index in [0.717, 1.165) is 12.8 Å². The average molecular weight is 309 g/mol. The summed E-state index contributed by atoms with van der Waals surface area (Å²) >= 11 is 0. The van der Waals surface area contributed by atoms with Crippen molar-refractivity contribution in [1.29, 1.82) is 0 Å². The fourth-order valence-electron chi connectivity index (χ4n) is 2.29. The van der Waals surface area contributed by atoms with Gasteiger partial charge in [-0.3, -0.25) is 4.79 Å². The van der Waals surface area contributed by atoms with Gasteiger partial charge in [-0.2, -0.15) is 0 Å². The third-order valence-corrected chi connectivity index (χ3v) is 3.55. The molecule has 0 fully saturated rings. The zero-order valence-electron chi connectivity index (χ0n) is 14.2. The summed E-state index contributed by atoms with van der Waals surface area (Å²) < 4.78 is 15.8. The molecule has 5 heteroatoms. The second-order valence-electron chi connectivity index (χ2n) is 5.28. The third-order valence-electron chi connectivity index (χ3n) is 3.55. The molecule has 1 aromatic rings. The summed E-state index contributed by atoms with van der Waals surface area (Å²) in [6, 6.07) is 3.46. The maximum atomic E-state index is 12.4. The van der Waals surface area contributed by atoms with Crippen LogP contribution in [0.1, 0.15) is 49.9 Å². The number of hydrogen-bond donors (Lipinski definition) is 1. The fourth-order valence-corrected chi connectivity index (χ4v) is 2.29. The molecular weight excluding hydrogens is 282 g/mol. The van der Waals surface area contributed by atoms with E-state index in [4.69, 9.17) is 14.2 Å². The SMILES string of the molecule is CCCCCC(C)NC(=O)c1cc(OC)c(OC)c(OC)c1. The molecule has 0 heterocycles. The monoisotopic (exact) mass is 309 g/mol. The van der Waals surface area contributed by atoms with E-state index in [1.54, 1.807) is 12.1 Å². The Hall–Kier alpha value is -1.91. The molecule has 0 bridgehead atoms. The maximum absolute atomic E-state index is 12.4. The van der Waals surface area contributed by atoms with Gasteiger partial charge in [0.05, 0.1) is 21.3 Å². The Balaban J connectivity index is 2.84. The lowest BCUT2D eigenvalue weighted by atomic mass is 10.1. The van der Waals surface area contributed by atoms with Gasteiger partial charge in [0.1, 0.15) is 0 Å². The highest BCUT2D eigenvalue weighted by atomic mass is 16.5. The first-order chi connectivity index (χ1) is 10.6. The number of rotatable bonds is 9. The van der Waals surface area contributed by atoms with Gasteiger partial charge in [-0.05, 0) is 25.5 Å². The lowest BCUT2D eigenvalue weighted by Crippen LogP contribution is -2.32. The molecule has 5 nitrogen and oxygen atoms in total. The first-order valence-electron chi connectivity index (χ1n) is 7.68. The van der Waals surface area contributed by atoms with Crippen LogP contribution in [-0.4, -0.2) is 33.3 Å². The number of ether oxygens (including phenoxy) is 3. The summed E-state index contributed by atoms with van der Waals surface area (Å²) in [5.41, 5.74) is 0.497. The van der Waals surface area contributed by atoms with Gasteiger partial charge in [0.25, 0.3) is 5.91 Å². The van der Waals surface area contributed by atoms with Crippen LogP contribution >= 0.6 is 0 Å². The largest absolute Gasteiger partial charge is 0.493 e. The minimum absolute atomic E-state index is 0.136. The summed E-state index contributed by atoms with van der Waals surface area (Å²) in [6.07, 6.45) is 4.45. The number of carbonyl (C=O) groups is 1. The average Bonchev–Trinajstić information content (AvgIpc) is 2.53. The molecule has 0 aliphatic carbocycles. The van der Waals surface area contributed by atoms with Gasteiger partial charge in [-0.15, -0.1) is 0 Å². The van der Waals surface area contributed by atoms with Crippen molar-refractivity contribution in [2.75, 3.05) is 21.3 Å². The van der Waals surface area contributed by atoms with Gasteiger partial charge < -0.3 is 19.5 Å². The minimum Gasteiger partial charge on any atom is -0.493 e. The second-order valence-corrected chi connectivity index (χ2v) is 5.28. The number of unbranched alkanes of at least 4 members (excludes halogenated alkanes) is 2. The van der Waals surface area contributed by atoms with E-state index in [1.807, 2.05) is 6.92 Å². The molecule has 1 aromatic carbocycles. The van der Waals surface area contributed by atoms with Crippen LogP contribution in [0.15, 0.2) is 12.1 Å². The van der Waals surface area contributed by atoms with E-state index in [1.165, 1.54) is 34.2 Å². The fraction of sp³-hybridized carbons (Fsp3) is 0.588. The van der Waals surface area contributed by atoms with Crippen molar-refractivity contribution in [2.45, 2.75) is 45.6 Å². The number of carbonyl (C=O) groups excluding carboxylic acids is 1. The van der Waals surface area contributed by atoms with E-state index in [-0.39, 0.29) is 11.9 Å². The number of amides is 1. The van der Waals surface area contributed by atoms with Gasteiger partial charge >= 0.3 is 0 Å². The Bertz CT molecular complexity index is 463. The molecule has 0 saturated heterocycles. The number of hydrogen-bond acceptors (Lipinski definition) is 4. The van der Waals surface area contributed by atoms with Crippen LogP contribution < -0.4 is 19.5 Å². The zero-order chi connectivity index (χ0) is 16.5. The molecule has 0 radical (unpaired) electrons. The van der Waals surface area contributed by atoms with Crippen LogP contribution in [0.25, 0.3) is 0 Å². The van der Waals surface area contributed by atoms with Crippen molar-refractivity contribution < 1.29 is 19.0 Å². The molecule has 1 rings (SSSR count). The first-order valence-corrected chi connectivity index (χ1v) is 7.68. The van der Waals surface area contributed by atoms with Gasteiger partial charge in [0, 0.05) is 11.6 Å². The van der Waals surface area contributed by atoms with Crippen LogP contribution in [-0.2, 0) is 0 Å². The van der Waals surface area contributed by atoms with Crippen LogP contribution in [0.4, 0.5) is 0 Å². The van der Waals surface area contributed by atoms with E-state index >= 15 is 0 Å². The van der Waals surface area contributed by atoms with E-state index in [2.05, 4.69) is 12.2 Å². The molecule has 124 valence electrons. The molecule has 1 amide bonds. The normalized spacial score (nSPS) is 11.7. The van der Waals surface area contributed by atoms with Gasteiger partial charge in [0.2, 0.25) is 5.75 Å². The quantitative estimate of drug-likeness (QED) is 0.710. The minimum atomic E-state index is -0.136. The Morgan fingerprint density at radius 3 is 2.14 bits per heavy atom. The molecule has 1 N–H and O–H groups in total. The molecular formula is C17H27NO4. The molecule has 22 heavy (non-hydrogen) atoms. The topological polar surface area (TPSA) is 56.8 Å². The number of nitrogens with one attached hydrogen (secondary N) is 1. The first kappa shape index (κ1) is 18.1. The highest BCUT2D eigenvalue weighted by Crippen LogP contribution is 2.38. The van der Waals surface area contributed by atoms with Gasteiger partial charge in [-0.1, -0.05) is 26.2 Å². The van der Waals surface area contributed by atoms with Crippen molar-refractivity contribution in [3.8, 4) is 17.2 Å². The predicted molar refractivity (Wildman–Crippen MR) is 87.2 cm³/mol.